The molecule has 3 heterocycles. The van der Waals surface area contributed by atoms with Gasteiger partial charge < -0.3 is 14.0 Å². The molecule has 0 N–H and O–H groups in total. The summed E-state index contributed by atoms with van der Waals surface area (Å²) in [5.41, 5.74) is 7.00. The molecule has 0 amide bonds. The summed E-state index contributed by atoms with van der Waals surface area (Å²) >= 11 is 0. The van der Waals surface area contributed by atoms with Gasteiger partial charge in [0.25, 0.3) is 0 Å². The van der Waals surface area contributed by atoms with Crippen molar-refractivity contribution in [2.24, 2.45) is 0 Å². The summed E-state index contributed by atoms with van der Waals surface area (Å²) in [6.07, 6.45) is 2.11. The summed E-state index contributed by atoms with van der Waals surface area (Å²) in [5.74, 6) is 2.48. The Hall–Kier alpha value is -3.73. The minimum Gasteiger partial charge on any atom is -0.454 e. The largest absolute Gasteiger partial charge is 0.454 e. The van der Waals surface area contributed by atoms with Gasteiger partial charge in [0.2, 0.25) is 12.6 Å². The fourth-order valence-electron chi connectivity index (χ4n) is 4.39. The number of hydrogen-bond donors (Lipinski definition) is 0. The quantitative estimate of drug-likeness (QED) is 0.356. The molecule has 3 aromatic carbocycles. The smallest absolute Gasteiger partial charge is 0.231 e. The number of imidazole rings is 2. The second kappa shape index (κ2) is 6.89. The van der Waals surface area contributed by atoms with Crippen LogP contribution < -0.4 is 9.47 Å². The molecule has 0 spiro atoms. The van der Waals surface area contributed by atoms with Crippen LogP contribution in [0.15, 0.2) is 72.9 Å². The predicted octanol–water partition coefficient (Wildman–Crippen LogP) is 6.03. The Morgan fingerprint density at radius 1 is 0.875 bits per heavy atom. The molecule has 0 radical (unpaired) electrons. The van der Waals surface area contributed by atoms with E-state index in [1.54, 1.807) is 0 Å². The van der Waals surface area contributed by atoms with Crippen LogP contribution in [0.4, 0.5) is 0 Å². The lowest BCUT2D eigenvalue weighted by Crippen LogP contribution is -2.11. The third kappa shape index (κ3) is 3.04. The molecule has 1 aliphatic heterocycles. The molecular weight excluding hydrogens is 398 g/mol. The van der Waals surface area contributed by atoms with Crippen molar-refractivity contribution in [2.75, 3.05) is 6.79 Å². The molecule has 0 saturated carbocycles. The third-order valence-electron chi connectivity index (χ3n) is 6.19. The van der Waals surface area contributed by atoms with E-state index in [0.717, 1.165) is 40.6 Å². The number of aromatic nitrogens is 3. The fraction of sp³-hybridized carbons (Fsp3) is 0.222. The first-order chi connectivity index (χ1) is 15.5. The van der Waals surface area contributed by atoms with Crippen molar-refractivity contribution in [3.63, 3.8) is 0 Å². The van der Waals surface area contributed by atoms with Gasteiger partial charge in [-0.15, -0.1) is 0 Å². The molecule has 0 fully saturated rings. The Morgan fingerprint density at radius 3 is 2.41 bits per heavy atom. The van der Waals surface area contributed by atoms with Gasteiger partial charge in [-0.2, -0.15) is 0 Å². The lowest BCUT2D eigenvalue weighted by Gasteiger charge is -2.19. The number of nitrogens with zero attached hydrogens (tertiary/aromatic N) is 3. The Balaban J connectivity index is 1.45. The average Bonchev–Trinajstić information content (AvgIpc) is 3.49. The lowest BCUT2D eigenvalue weighted by atomic mass is 9.87. The van der Waals surface area contributed by atoms with E-state index in [1.165, 1.54) is 16.6 Å². The first-order valence-electron chi connectivity index (χ1n) is 10.9. The van der Waals surface area contributed by atoms with Crippen LogP contribution in [0.25, 0.3) is 28.1 Å². The third-order valence-corrected chi connectivity index (χ3v) is 6.19. The van der Waals surface area contributed by atoms with E-state index < -0.39 is 0 Å². The Bertz CT molecular complexity index is 1450. The molecular formula is C27H25N3O2. The summed E-state index contributed by atoms with van der Waals surface area (Å²) in [7, 11) is 0. The van der Waals surface area contributed by atoms with Gasteiger partial charge in [0.05, 0.1) is 23.3 Å². The highest BCUT2D eigenvalue weighted by atomic mass is 16.7. The topological polar surface area (TPSA) is 40.7 Å². The zero-order chi connectivity index (χ0) is 21.9. The first-order valence-corrected chi connectivity index (χ1v) is 10.9. The molecule has 0 bridgehead atoms. The molecule has 0 aliphatic carbocycles. The molecule has 0 saturated heterocycles. The van der Waals surface area contributed by atoms with Crippen molar-refractivity contribution in [1.82, 2.24) is 14.0 Å². The highest BCUT2D eigenvalue weighted by Crippen LogP contribution is 2.36. The number of benzene rings is 3. The van der Waals surface area contributed by atoms with Crippen molar-refractivity contribution < 1.29 is 9.47 Å². The van der Waals surface area contributed by atoms with Crippen LogP contribution in [-0.2, 0) is 12.0 Å². The summed E-state index contributed by atoms with van der Waals surface area (Å²) in [6.45, 7) is 7.76. The summed E-state index contributed by atoms with van der Waals surface area (Å²) in [4.78, 5) is 5.03. The molecule has 5 heteroatoms. The van der Waals surface area contributed by atoms with Crippen molar-refractivity contribution in [2.45, 2.75) is 32.7 Å². The van der Waals surface area contributed by atoms with E-state index in [-0.39, 0.29) is 12.2 Å². The van der Waals surface area contributed by atoms with Crippen LogP contribution in [-0.4, -0.2) is 20.7 Å². The zero-order valence-corrected chi connectivity index (χ0v) is 18.5. The number of rotatable bonds is 3. The maximum Gasteiger partial charge on any atom is 0.231 e. The van der Waals surface area contributed by atoms with Crippen LogP contribution in [0.5, 0.6) is 11.5 Å². The van der Waals surface area contributed by atoms with Crippen LogP contribution in [0.1, 0.15) is 31.9 Å². The monoisotopic (exact) mass is 423 g/mol. The van der Waals surface area contributed by atoms with E-state index in [1.807, 2.05) is 18.2 Å². The minimum absolute atomic E-state index is 0.147. The molecule has 0 unspecified atom stereocenters. The Kier molecular flexibility index (Phi) is 4.09. The average molecular weight is 424 g/mol. The number of fused-ring (bicyclic) bond motifs is 4. The molecule has 160 valence electrons. The van der Waals surface area contributed by atoms with E-state index in [9.17, 15) is 0 Å². The summed E-state index contributed by atoms with van der Waals surface area (Å²) in [5, 5.41) is 0. The van der Waals surface area contributed by atoms with Crippen LogP contribution >= 0.6 is 0 Å². The van der Waals surface area contributed by atoms with E-state index in [0.29, 0.717) is 0 Å². The van der Waals surface area contributed by atoms with Gasteiger partial charge in [-0.05, 0) is 46.9 Å². The minimum atomic E-state index is 0.147. The fourth-order valence-corrected chi connectivity index (χ4v) is 4.39. The maximum absolute atomic E-state index is 5.56. The summed E-state index contributed by atoms with van der Waals surface area (Å²) in [6, 6.07) is 23.4. The Morgan fingerprint density at radius 2 is 1.62 bits per heavy atom. The second-order valence-electron chi connectivity index (χ2n) is 9.39. The number of ether oxygens (including phenoxy) is 2. The Labute approximate surface area is 186 Å². The highest BCUT2D eigenvalue weighted by molar-refractivity contribution is 5.82. The van der Waals surface area contributed by atoms with E-state index >= 15 is 0 Å². The van der Waals surface area contributed by atoms with Gasteiger partial charge in [-0.3, -0.25) is 4.40 Å². The number of hydrogen-bond acceptors (Lipinski definition) is 3. The van der Waals surface area contributed by atoms with Gasteiger partial charge in [0.15, 0.2) is 11.5 Å². The van der Waals surface area contributed by atoms with Gasteiger partial charge >= 0.3 is 0 Å². The van der Waals surface area contributed by atoms with Crippen LogP contribution in [0.2, 0.25) is 0 Å². The molecule has 32 heavy (non-hydrogen) atoms. The first kappa shape index (κ1) is 19.0. The van der Waals surface area contributed by atoms with E-state index in [4.69, 9.17) is 14.5 Å². The van der Waals surface area contributed by atoms with Crippen LogP contribution in [0.3, 0.4) is 0 Å². The van der Waals surface area contributed by atoms with Crippen molar-refractivity contribution >= 4 is 16.8 Å². The van der Waals surface area contributed by atoms with Gasteiger partial charge in [0, 0.05) is 11.8 Å². The summed E-state index contributed by atoms with van der Waals surface area (Å²) < 4.78 is 15.5. The van der Waals surface area contributed by atoms with Crippen molar-refractivity contribution in [1.29, 1.82) is 0 Å². The number of para-hydroxylation sites is 2. The zero-order valence-electron chi connectivity index (χ0n) is 18.5. The molecule has 2 aromatic heterocycles. The van der Waals surface area contributed by atoms with Crippen LogP contribution in [0, 0.1) is 0 Å². The van der Waals surface area contributed by atoms with Crippen molar-refractivity contribution in [3.05, 3.63) is 84.1 Å². The highest BCUT2D eigenvalue weighted by Gasteiger charge is 2.19. The molecule has 6 rings (SSSR count). The molecule has 5 aromatic rings. The van der Waals surface area contributed by atoms with E-state index in [2.05, 4.69) is 84.5 Å². The molecule has 1 aliphatic rings. The van der Waals surface area contributed by atoms with Crippen molar-refractivity contribution in [3.8, 4) is 22.8 Å². The predicted molar refractivity (Wildman–Crippen MR) is 126 cm³/mol. The second-order valence-corrected chi connectivity index (χ2v) is 9.39. The normalized spacial score (nSPS) is 13.3. The SMILES string of the molecule is CC(C)(C)c1ccc(Cn2c3ccccc3n3cc(-c4ccc5c(c4)OCO5)nc23)cc1. The molecule has 5 nitrogen and oxygen atoms in total. The maximum atomic E-state index is 5.56. The standard InChI is InChI=1S/C27H25N3O2/c1-27(2,3)20-11-8-18(9-12-20)15-29-22-6-4-5-7-23(22)30-16-21(28-26(29)30)19-10-13-24-25(14-19)32-17-31-24/h4-14,16H,15,17H2,1-3H3. The molecule has 0 atom stereocenters. The van der Waals surface area contributed by atoms with Gasteiger partial charge in [-0.25, -0.2) is 4.98 Å². The van der Waals surface area contributed by atoms with Gasteiger partial charge in [0.1, 0.15) is 0 Å². The lowest BCUT2D eigenvalue weighted by molar-refractivity contribution is 0.174. The van der Waals surface area contributed by atoms with Gasteiger partial charge in [-0.1, -0.05) is 57.2 Å².